The van der Waals surface area contributed by atoms with E-state index in [1.165, 1.54) is 6.42 Å². The van der Waals surface area contributed by atoms with Crippen LogP contribution < -0.4 is 5.32 Å². The van der Waals surface area contributed by atoms with Gasteiger partial charge in [0.1, 0.15) is 5.69 Å². The van der Waals surface area contributed by atoms with Gasteiger partial charge in [0.15, 0.2) is 0 Å². The molecule has 1 aromatic heterocycles. The maximum Gasteiger partial charge on any atom is 0.267 e. The number of hydrogen-bond acceptors (Lipinski definition) is 3. The second-order valence-corrected chi connectivity index (χ2v) is 6.87. The minimum atomic E-state index is -0.180. The van der Waals surface area contributed by atoms with Gasteiger partial charge in [0.05, 0.1) is 11.1 Å². The Kier molecular flexibility index (Phi) is 5.06. The predicted octanol–water partition coefficient (Wildman–Crippen LogP) is 2.17. The van der Waals surface area contributed by atoms with E-state index in [4.69, 9.17) is 11.6 Å². The van der Waals surface area contributed by atoms with Crippen molar-refractivity contribution in [2.75, 3.05) is 13.1 Å². The van der Waals surface area contributed by atoms with Gasteiger partial charge in [-0.3, -0.25) is 9.69 Å². The predicted molar refractivity (Wildman–Crippen MR) is 86.1 cm³/mol. The van der Waals surface area contributed by atoms with Crippen LogP contribution >= 0.6 is 11.6 Å². The highest BCUT2D eigenvalue weighted by Crippen LogP contribution is 2.26. The van der Waals surface area contributed by atoms with E-state index in [1.807, 2.05) is 0 Å². The van der Waals surface area contributed by atoms with Crippen molar-refractivity contribution >= 4 is 17.5 Å². The van der Waals surface area contributed by atoms with Gasteiger partial charge in [-0.15, -0.1) is 0 Å². The van der Waals surface area contributed by atoms with Crippen LogP contribution in [-0.4, -0.2) is 52.2 Å². The van der Waals surface area contributed by atoms with E-state index in [9.17, 15) is 9.90 Å². The fraction of sp³-hybridized carbons (Fsp3) is 0.688. The summed E-state index contributed by atoms with van der Waals surface area (Å²) in [5.74, 6) is -0.0944. The zero-order chi connectivity index (χ0) is 15.5. The summed E-state index contributed by atoms with van der Waals surface area (Å²) in [4.78, 5) is 17.4. The van der Waals surface area contributed by atoms with Crippen LogP contribution in [0.15, 0.2) is 12.3 Å². The van der Waals surface area contributed by atoms with Crippen LogP contribution in [0.2, 0.25) is 5.02 Å². The number of halogens is 1. The van der Waals surface area contributed by atoms with E-state index in [0.717, 1.165) is 45.2 Å². The van der Waals surface area contributed by atoms with Gasteiger partial charge in [0.25, 0.3) is 5.91 Å². The molecule has 3 N–H and O–H groups in total. The topological polar surface area (TPSA) is 68.4 Å². The van der Waals surface area contributed by atoms with Gasteiger partial charge < -0.3 is 15.4 Å². The first kappa shape index (κ1) is 15.8. The summed E-state index contributed by atoms with van der Waals surface area (Å²) in [5.41, 5.74) is 0.509. The summed E-state index contributed by atoms with van der Waals surface area (Å²) < 4.78 is 0. The molecular weight excluding hydrogens is 302 g/mol. The second-order valence-electron chi connectivity index (χ2n) is 6.43. The molecule has 3 rings (SSSR count). The number of H-pyrrole nitrogens is 1. The largest absolute Gasteiger partial charge is 0.391 e. The molecule has 2 fully saturated rings. The van der Waals surface area contributed by atoms with Crippen molar-refractivity contribution in [1.29, 1.82) is 0 Å². The molecule has 0 aromatic carbocycles. The summed E-state index contributed by atoms with van der Waals surface area (Å²) in [6.07, 6.45) is 7.68. The highest BCUT2D eigenvalue weighted by atomic mass is 35.5. The molecule has 2 heterocycles. The molecule has 0 bridgehead atoms. The molecule has 1 aliphatic carbocycles. The number of aromatic amines is 1. The second kappa shape index (κ2) is 7.02. The van der Waals surface area contributed by atoms with E-state index in [2.05, 4.69) is 15.2 Å². The van der Waals surface area contributed by atoms with Gasteiger partial charge >= 0.3 is 0 Å². The third-order valence-corrected chi connectivity index (χ3v) is 5.14. The number of hydrogen-bond donors (Lipinski definition) is 3. The number of aliphatic hydroxyl groups excluding tert-OH is 1. The summed E-state index contributed by atoms with van der Waals surface area (Å²) in [6.45, 7) is 1.89. The molecule has 1 saturated heterocycles. The third-order valence-electron chi connectivity index (χ3n) is 4.92. The van der Waals surface area contributed by atoms with Gasteiger partial charge in [0.2, 0.25) is 0 Å². The Morgan fingerprint density at radius 1 is 1.27 bits per heavy atom. The van der Waals surface area contributed by atoms with Crippen molar-refractivity contribution in [2.45, 2.75) is 56.7 Å². The number of nitrogens with zero attached hydrogens (tertiary/aromatic N) is 1. The number of aliphatic hydroxyl groups is 1. The lowest BCUT2D eigenvalue weighted by atomic mass is 9.89. The Morgan fingerprint density at radius 2 is 2.00 bits per heavy atom. The van der Waals surface area contributed by atoms with Crippen LogP contribution in [0.4, 0.5) is 0 Å². The van der Waals surface area contributed by atoms with Crippen LogP contribution in [-0.2, 0) is 0 Å². The van der Waals surface area contributed by atoms with Crippen molar-refractivity contribution in [2.24, 2.45) is 0 Å². The number of carbonyl (C=O) groups excluding carboxylic acids is 1. The van der Waals surface area contributed by atoms with Crippen molar-refractivity contribution < 1.29 is 9.90 Å². The summed E-state index contributed by atoms with van der Waals surface area (Å²) in [6, 6.07) is 2.16. The van der Waals surface area contributed by atoms with E-state index >= 15 is 0 Å². The average Bonchev–Trinajstić information content (AvgIpc) is 2.95. The highest BCUT2D eigenvalue weighted by Gasteiger charge is 2.31. The maximum absolute atomic E-state index is 12.1. The Morgan fingerprint density at radius 3 is 2.64 bits per heavy atom. The number of carbonyl (C=O) groups is 1. The fourth-order valence-corrected chi connectivity index (χ4v) is 3.82. The first-order chi connectivity index (χ1) is 10.6. The monoisotopic (exact) mass is 325 g/mol. The number of likely N-dealkylation sites (tertiary alicyclic amines) is 1. The van der Waals surface area contributed by atoms with Crippen molar-refractivity contribution in [3.05, 3.63) is 23.0 Å². The SMILES string of the molecule is O=C(NC1CCN(C2CCCCC2O)CC1)c1cc(Cl)c[nH]1. The molecule has 1 aliphatic heterocycles. The lowest BCUT2D eigenvalue weighted by Crippen LogP contribution is -2.52. The molecule has 2 unspecified atom stereocenters. The smallest absolute Gasteiger partial charge is 0.267 e. The lowest BCUT2D eigenvalue weighted by molar-refractivity contribution is 0.00726. The average molecular weight is 326 g/mol. The molecule has 1 saturated carbocycles. The molecule has 2 atom stereocenters. The number of amides is 1. The minimum Gasteiger partial charge on any atom is -0.391 e. The Balaban J connectivity index is 1.48. The van der Waals surface area contributed by atoms with Gasteiger partial charge in [-0.05, 0) is 31.7 Å². The number of rotatable bonds is 3. The summed E-state index contributed by atoms with van der Waals surface area (Å²) >= 11 is 5.82. The molecule has 22 heavy (non-hydrogen) atoms. The van der Waals surface area contributed by atoms with Crippen molar-refractivity contribution in [3.8, 4) is 0 Å². The standard InChI is InChI=1S/C16H24ClN3O2/c17-11-9-13(18-10-11)16(22)19-12-5-7-20(8-6-12)14-3-1-2-4-15(14)21/h9-10,12,14-15,18,21H,1-8H2,(H,19,22). The van der Waals surface area contributed by atoms with Gasteiger partial charge in [-0.25, -0.2) is 0 Å². The Bertz CT molecular complexity index is 511. The molecule has 0 radical (unpaired) electrons. The quantitative estimate of drug-likeness (QED) is 0.797. The Hall–Kier alpha value is -1.04. The normalized spacial score (nSPS) is 27.7. The highest BCUT2D eigenvalue weighted by molar-refractivity contribution is 6.30. The maximum atomic E-state index is 12.1. The number of piperidine rings is 1. The molecule has 2 aliphatic rings. The molecular formula is C16H24ClN3O2. The first-order valence-corrected chi connectivity index (χ1v) is 8.58. The molecule has 1 amide bonds. The fourth-order valence-electron chi connectivity index (χ4n) is 3.66. The molecule has 5 nitrogen and oxygen atoms in total. The lowest BCUT2D eigenvalue weighted by Gasteiger charge is -2.41. The zero-order valence-corrected chi connectivity index (χ0v) is 13.5. The van der Waals surface area contributed by atoms with Gasteiger partial charge in [0, 0.05) is 31.4 Å². The van der Waals surface area contributed by atoms with Crippen LogP contribution in [0.25, 0.3) is 0 Å². The molecule has 1 aromatic rings. The summed E-state index contributed by atoms with van der Waals surface area (Å²) in [7, 11) is 0. The van der Waals surface area contributed by atoms with E-state index in [-0.39, 0.29) is 18.1 Å². The van der Waals surface area contributed by atoms with E-state index in [1.54, 1.807) is 12.3 Å². The van der Waals surface area contributed by atoms with Crippen LogP contribution in [0, 0.1) is 0 Å². The molecule has 0 spiro atoms. The van der Waals surface area contributed by atoms with Crippen LogP contribution in [0.1, 0.15) is 49.0 Å². The van der Waals surface area contributed by atoms with Crippen molar-refractivity contribution in [3.63, 3.8) is 0 Å². The van der Waals surface area contributed by atoms with Gasteiger partial charge in [-0.1, -0.05) is 24.4 Å². The Labute approximate surface area is 136 Å². The molecule has 6 heteroatoms. The van der Waals surface area contributed by atoms with Crippen LogP contribution in [0.5, 0.6) is 0 Å². The summed E-state index contributed by atoms with van der Waals surface area (Å²) in [5, 5.41) is 13.8. The third kappa shape index (κ3) is 3.65. The first-order valence-electron chi connectivity index (χ1n) is 8.20. The molecule has 122 valence electrons. The van der Waals surface area contributed by atoms with Crippen molar-refractivity contribution in [1.82, 2.24) is 15.2 Å². The minimum absolute atomic E-state index is 0.0944. The number of nitrogens with one attached hydrogen (secondary N) is 2. The zero-order valence-electron chi connectivity index (χ0n) is 12.7. The van der Waals surface area contributed by atoms with Gasteiger partial charge in [-0.2, -0.15) is 0 Å². The van der Waals surface area contributed by atoms with E-state index < -0.39 is 0 Å². The van der Waals surface area contributed by atoms with E-state index in [0.29, 0.717) is 16.8 Å². The van der Waals surface area contributed by atoms with Crippen LogP contribution in [0.3, 0.4) is 0 Å². The number of aromatic nitrogens is 1.